The van der Waals surface area contributed by atoms with E-state index in [4.69, 9.17) is 8.92 Å². The molecule has 0 radical (unpaired) electrons. The molecule has 0 bridgehead atoms. The molecule has 0 aliphatic heterocycles. The van der Waals surface area contributed by atoms with Gasteiger partial charge in [-0.25, -0.2) is 0 Å². The Morgan fingerprint density at radius 2 is 1.86 bits per heavy atom. The van der Waals surface area contributed by atoms with Crippen LogP contribution in [0.3, 0.4) is 0 Å². The second-order valence-corrected chi connectivity index (χ2v) is 7.15. The van der Waals surface area contributed by atoms with E-state index >= 15 is 0 Å². The van der Waals surface area contributed by atoms with Crippen LogP contribution in [0.5, 0.6) is 11.5 Å². The molecule has 0 fully saturated rings. The minimum absolute atomic E-state index is 0.327. The van der Waals surface area contributed by atoms with Crippen LogP contribution in [0.2, 0.25) is 0 Å². The molecule has 114 valence electrons. The van der Waals surface area contributed by atoms with Crippen LogP contribution in [0.1, 0.15) is 29.7 Å². The van der Waals surface area contributed by atoms with Crippen LogP contribution >= 0.6 is 11.3 Å². The lowest BCUT2D eigenvalue weighted by molar-refractivity contribution is 0.408. The highest BCUT2D eigenvalue weighted by atomic mass is 32.2. The number of hydrogen-bond acceptors (Lipinski definition) is 5. The van der Waals surface area contributed by atoms with Crippen LogP contribution in [0.25, 0.3) is 0 Å². The lowest BCUT2D eigenvalue weighted by atomic mass is 10.2. The summed E-state index contributed by atoms with van der Waals surface area (Å²) in [7, 11) is -2.23. The van der Waals surface area contributed by atoms with Gasteiger partial charge in [0.25, 0.3) is 0 Å². The topological polar surface area (TPSA) is 52.6 Å². The van der Waals surface area contributed by atoms with Gasteiger partial charge in [0.2, 0.25) is 0 Å². The zero-order valence-electron chi connectivity index (χ0n) is 12.2. The summed E-state index contributed by atoms with van der Waals surface area (Å²) in [5, 5.41) is 2.85. The summed E-state index contributed by atoms with van der Waals surface area (Å²) < 4.78 is 35.5. The summed E-state index contributed by atoms with van der Waals surface area (Å²) in [5.74, 6) is 0.913. The quantitative estimate of drug-likeness (QED) is 0.755. The fourth-order valence-corrected chi connectivity index (χ4v) is 4.40. The highest BCUT2D eigenvalue weighted by molar-refractivity contribution is 7.87. The number of ether oxygens (including phenoxy) is 1. The Bertz CT molecular complexity index is 687. The van der Waals surface area contributed by atoms with E-state index in [2.05, 4.69) is 0 Å². The molecule has 6 heteroatoms. The Labute approximate surface area is 129 Å². The first kappa shape index (κ1) is 15.9. The van der Waals surface area contributed by atoms with Crippen LogP contribution in [-0.4, -0.2) is 15.5 Å². The molecule has 0 saturated carbocycles. The van der Waals surface area contributed by atoms with Gasteiger partial charge in [0, 0.05) is 10.9 Å². The Kier molecular flexibility index (Phi) is 4.90. The molecule has 21 heavy (non-hydrogen) atoms. The van der Waals surface area contributed by atoms with Crippen molar-refractivity contribution in [3.05, 3.63) is 46.2 Å². The molecule has 0 spiro atoms. The van der Waals surface area contributed by atoms with E-state index in [9.17, 15) is 8.42 Å². The first-order valence-electron chi connectivity index (χ1n) is 6.58. The molecule has 2 aromatic rings. The normalized spacial score (nSPS) is 12.9. The Morgan fingerprint density at radius 1 is 1.19 bits per heavy atom. The van der Waals surface area contributed by atoms with Gasteiger partial charge in [0.15, 0.2) is 0 Å². The van der Waals surface area contributed by atoms with Crippen molar-refractivity contribution in [2.24, 2.45) is 0 Å². The molecule has 1 aromatic carbocycles. The average Bonchev–Trinajstić information content (AvgIpc) is 2.90. The molecule has 1 aromatic heterocycles. The fourth-order valence-electron chi connectivity index (χ4n) is 2.06. The number of rotatable bonds is 6. The molecule has 4 nitrogen and oxygen atoms in total. The third kappa shape index (κ3) is 3.57. The summed E-state index contributed by atoms with van der Waals surface area (Å²) in [6.07, 6.45) is 0.418. The van der Waals surface area contributed by atoms with Crippen molar-refractivity contribution in [3.8, 4) is 11.5 Å². The summed E-state index contributed by atoms with van der Waals surface area (Å²) in [5.41, 5.74) is 1.70. The van der Waals surface area contributed by atoms with Gasteiger partial charge in [0.05, 0.1) is 7.11 Å². The van der Waals surface area contributed by atoms with Crippen molar-refractivity contribution in [1.29, 1.82) is 0 Å². The van der Waals surface area contributed by atoms with Crippen LogP contribution < -0.4 is 8.92 Å². The van der Waals surface area contributed by atoms with Gasteiger partial charge < -0.3 is 8.92 Å². The van der Waals surface area contributed by atoms with Crippen LogP contribution in [-0.2, 0) is 10.1 Å². The number of aryl methyl sites for hydroxylation is 1. The van der Waals surface area contributed by atoms with Gasteiger partial charge >= 0.3 is 10.1 Å². The predicted molar refractivity (Wildman–Crippen MR) is 84.6 cm³/mol. The number of benzene rings is 1. The van der Waals surface area contributed by atoms with E-state index in [-0.39, 0.29) is 0 Å². The maximum Gasteiger partial charge on any atom is 0.316 e. The summed E-state index contributed by atoms with van der Waals surface area (Å²) in [4.78, 5) is 0. The van der Waals surface area contributed by atoms with Crippen LogP contribution in [0.4, 0.5) is 0 Å². The van der Waals surface area contributed by atoms with Gasteiger partial charge in [-0.3, -0.25) is 0 Å². The smallest absolute Gasteiger partial charge is 0.316 e. The van der Waals surface area contributed by atoms with Gasteiger partial charge in [-0.15, -0.1) is 11.3 Å². The fraction of sp³-hybridized carbons (Fsp3) is 0.333. The second kappa shape index (κ2) is 6.49. The van der Waals surface area contributed by atoms with E-state index in [1.807, 2.05) is 26.0 Å². The number of methoxy groups -OCH3 is 1. The molecule has 2 rings (SSSR count). The lowest BCUT2D eigenvalue weighted by Crippen LogP contribution is -2.18. The summed E-state index contributed by atoms with van der Waals surface area (Å²) in [6, 6.07) is 6.95. The van der Waals surface area contributed by atoms with Crippen molar-refractivity contribution in [2.75, 3.05) is 7.11 Å². The predicted octanol–water partition coefficient (Wildman–Crippen LogP) is 3.93. The maximum absolute atomic E-state index is 12.5. The van der Waals surface area contributed by atoms with Crippen molar-refractivity contribution in [2.45, 2.75) is 25.5 Å². The van der Waals surface area contributed by atoms with Crippen molar-refractivity contribution >= 4 is 21.5 Å². The first-order valence-corrected chi connectivity index (χ1v) is 8.99. The van der Waals surface area contributed by atoms with Gasteiger partial charge in [-0.2, -0.15) is 8.42 Å². The highest BCUT2D eigenvalue weighted by Gasteiger charge is 2.30. The minimum Gasteiger partial charge on any atom is -0.496 e. The van der Waals surface area contributed by atoms with E-state index in [0.29, 0.717) is 23.5 Å². The van der Waals surface area contributed by atoms with Crippen molar-refractivity contribution in [1.82, 2.24) is 0 Å². The van der Waals surface area contributed by atoms with Crippen molar-refractivity contribution < 1.29 is 17.3 Å². The summed E-state index contributed by atoms with van der Waals surface area (Å²) in [6.45, 7) is 3.75. The third-order valence-corrected chi connectivity index (χ3v) is 5.62. The Morgan fingerprint density at radius 3 is 2.43 bits per heavy atom. The molecule has 0 N–H and O–H groups in total. The maximum atomic E-state index is 12.5. The molecule has 0 saturated heterocycles. The van der Waals surface area contributed by atoms with Gasteiger partial charge in [0.1, 0.15) is 16.7 Å². The monoisotopic (exact) mass is 326 g/mol. The second-order valence-electron chi connectivity index (χ2n) is 4.68. The molecular weight excluding hydrogens is 308 g/mol. The van der Waals surface area contributed by atoms with Gasteiger partial charge in [-0.1, -0.05) is 24.6 Å². The number of thiophene rings is 1. The molecule has 0 aliphatic carbocycles. The molecule has 0 amide bonds. The zero-order valence-corrected chi connectivity index (χ0v) is 13.8. The summed E-state index contributed by atoms with van der Waals surface area (Å²) >= 11 is 1.41. The van der Waals surface area contributed by atoms with Gasteiger partial charge in [-0.05, 0) is 30.9 Å². The third-order valence-electron chi connectivity index (χ3n) is 3.17. The van der Waals surface area contributed by atoms with Crippen LogP contribution in [0, 0.1) is 6.92 Å². The molecule has 1 unspecified atom stereocenters. The van der Waals surface area contributed by atoms with Crippen molar-refractivity contribution in [3.63, 3.8) is 0 Å². The molecule has 1 atom stereocenters. The van der Waals surface area contributed by atoms with Crippen LogP contribution in [0.15, 0.2) is 35.0 Å². The van der Waals surface area contributed by atoms with E-state index in [1.54, 1.807) is 22.9 Å². The molecule has 0 aliphatic rings. The SMILES string of the molecule is CCC(c1cscc1OC)S(=O)(=O)Oc1ccc(C)cc1. The lowest BCUT2D eigenvalue weighted by Gasteiger charge is -2.16. The van der Waals surface area contributed by atoms with E-state index in [1.165, 1.54) is 18.4 Å². The Balaban J connectivity index is 2.30. The average molecular weight is 326 g/mol. The molecular formula is C15H18O4S2. The number of hydrogen-bond donors (Lipinski definition) is 0. The first-order chi connectivity index (χ1) is 9.97. The standard InChI is InChI=1S/C15H18O4S2/c1-4-15(13-9-20-10-14(13)18-3)21(16,17)19-12-7-5-11(2)6-8-12/h5-10,15H,4H2,1-3H3. The van der Waals surface area contributed by atoms with E-state index < -0.39 is 15.4 Å². The zero-order chi connectivity index (χ0) is 15.5. The Hall–Kier alpha value is -1.53. The minimum atomic E-state index is -3.77. The highest BCUT2D eigenvalue weighted by Crippen LogP contribution is 2.37. The van der Waals surface area contributed by atoms with E-state index in [0.717, 1.165) is 5.56 Å². The largest absolute Gasteiger partial charge is 0.496 e. The molecule has 1 heterocycles.